The van der Waals surface area contributed by atoms with Crippen molar-refractivity contribution in [2.75, 3.05) is 11.1 Å². The highest BCUT2D eigenvalue weighted by Gasteiger charge is 2.38. The summed E-state index contributed by atoms with van der Waals surface area (Å²) in [7, 11) is 0. The van der Waals surface area contributed by atoms with Crippen LogP contribution in [0.4, 0.5) is 35.9 Å². The van der Waals surface area contributed by atoms with Crippen LogP contribution in [-0.2, 0) is 6.18 Å². The molecule has 0 aromatic heterocycles. The molecule has 2 aromatic carbocycles. The second-order valence-corrected chi connectivity index (χ2v) is 4.23. The van der Waals surface area contributed by atoms with Crippen molar-refractivity contribution in [1.29, 1.82) is 0 Å². The second kappa shape index (κ2) is 5.31. The molecule has 2 rings (SSSR count). The van der Waals surface area contributed by atoms with Crippen molar-refractivity contribution in [2.45, 2.75) is 6.18 Å². The lowest BCUT2D eigenvalue weighted by molar-refractivity contribution is -0.388. The fourth-order valence-corrected chi connectivity index (χ4v) is 1.73. The number of nitrogen functional groups attached to an aromatic ring is 1. The van der Waals surface area contributed by atoms with Crippen molar-refractivity contribution < 1.29 is 18.1 Å². The van der Waals surface area contributed by atoms with Gasteiger partial charge in [-0.25, -0.2) is 0 Å². The molecule has 2 aromatic rings. The van der Waals surface area contributed by atoms with E-state index in [9.17, 15) is 23.3 Å². The van der Waals surface area contributed by atoms with Gasteiger partial charge in [0.15, 0.2) is 0 Å². The zero-order valence-corrected chi connectivity index (χ0v) is 10.5. The van der Waals surface area contributed by atoms with Crippen molar-refractivity contribution in [2.24, 2.45) is 0 Å². The van der Waals surface area contributed by atoms with Crippen LogP contribution in [0, 0.1) is 10.1 Å². The van der Waals surface area contributed by atoms with Crippen molar-refractivity contribution in [3.8, 4) is 0 Å². The number of hydrogen-bond donors (Lipinski definition) is 2. The van der Waals surface area contributed by atoms with Gasteiger partial charge in [0.05, 0.1) is 4.92 Å². The molecular weight excluding hydrogens is 287 g/mol. The number of alkyl halides is 3. The minimum atomic E-state index is -4.80. The number of anilines is 3. The highest BCUT2D eigenvalue weighted by Crippen LogP contribution is 2.38. The van der Waals surface area contributed by atoms with Gasteiger partial charge >= 0.3 is 6.18 Å². The Morgan fingerprint density at radius 2 is 1.62 bits per heavy atom. The Bertz CT molecular complexity index is 669. The molecule has 0 aliphatic heterocycles. The molecule has 0 amide bonds. The van der Waals surface area contributed by atoms with E-state index >= 15 is 0 Å². The van der Waals surface area contributed by atoms with Crippen molar-refractivity contribution in [1.82, 2.24) is 0 Å². The van der Waals surface area contributed by atoms with Gasteiger partial charge in [-0.15, -0.1) is 0 Å². The Morgan fingerprint density at radius 3 is 2.14 bits per heavy atom. The number of nitro benzene ring substituents is 1. The topological polar surface area (TPSA) is 81.2 Å². The summed E-state index contributed by atoms with van der Waals surface area (Å²) in [5.41, 5.74) is 4.35. The maximum atomic E-state index is 12.8. The highest BCUT2D eigenvalue weighted by atomic mass is 19.4. The van der Waals surface area contributed by atoms with Gasteiger partial charge in [-0.1, -0.05) is 0 Å². The first-order valence-electron chi connectivity index (χ1n) is 5.75. The first-order chi connectivity index (χ1) is 9.77. The summed E-state index contributed by atoms with van der Waals surface area (Å²) in [4.78, 5) is 9.59. The Kier molecular flexibility index (Phi) is 3.70. The minimum absolute atomic E-state index is 0.0951. The summed E-state index contributed by atoms with van der Waals surface area (Å²) in [6, 6.07) is 9.07. The molecule has 5 nitrogen and oxygen atoms in total. The van der Waals surface area contributed by atoms with E-state index in [1.54, 1.807) is 24.3 Å². The van der Waals surface area contributed by atoms with Gasteiger partial charge < -0.3 is 11.1 Å². The molecule has 0 aliphatic rings. The molecule has 8 heteroatoms. The number of benzene rings is 2. The number of rotatable bonds is 3. The SMILES string of the molecule is Nc1ccc(Nc2ccc([N+](=O)[O-])c(C(F)(F)F)c2)cc1. The van der Waals surface area contributed by atoms with E-state index in [4.69, 9.17) is 5.73 Å². The van der Waals surface area contributed by atoms with Gasteiger partial charge in [-0.2, -0.15) is 13.2 Å². The van der Waals surface area contributed by atoms with E-state index < -0.39 is 22.4 Å². The molecule has 0 fully saturated rings. The zero-order valence-electron chi connectivity index (χ0n) is 10.5. The monoisotopic (exact) mass is 297 g/mol. The third-order valence-corrected chi connectivity index (χ3v) is 2.70. The van der Waals surface area contributed by atoms with Crippen LogP contribution >= 0.6 is 0 Å². The average molecular weight is 297 g/mol. The van der Waals surface area contributed by atoms with Gasteiger partial charge in [-0.05, 0) is 36.4 Å². The third-order valence-electron chi connectivity index (χ3n) is 2.70. The van der Waals surface area contributed by atoms with Crippen LogP contribution in [0.1, 0.15) is 5.56 Å². The average Bonchev–Trinajstić information content (AvgIpc) is 2.40. The van der Waals surface area contributed by atoms with E-state index in [-0.39, 0.29) is 5.69 Å². The Morgan fingerprint density at radius 1 is 1.05 bits per heavy atom. The number of halogens is 3. The van der Waals surface area contributed by atoms with Gasteiger partial charge in [0.2, 0.25) is 0 Å². The fourth-order valence-electron chi connectivity index (χ4n) is 1.73. The molecule has 0 bridgehead atoms. The number of nitrogens with zero attached hydrogens (tertiary/aromatic N) is 1. The standard InChI is InChI=1S/C13H10F3N3O2/c14-13(15,16)11-7-10(5-6-12(11)19(20)21)18-9-3-1-8(17)2-4-9/h1-7,18H,17H2. The molecule has 110 valence electrons. The smallest absolute Gasteiger partial charge is 0.399 e. The summed E-state index contributed by atoms with van der Waals surface area (Å²) in [5.74, 6) is 0. The molecule has 0 spiro atoms. The summed E-state index contributed by atoms with van der Waals surface area (Å²) in [6.45, 7) is 0. The van der Waals surface area contributed by atoms with Crippen molar-refractivity contribution in [3.63, 3.8) is 0 Å². The molecule has 0 saturated heterocycles. The third kappa shape index (κ3) is 3.41. The summed E-state index contributed by atoms with van der Waals surface area (Å²) in [6.07, 6.45) is -4.80. The van der Waals surface area contributed by atoms with Crippen LogP contribution in [0.5, 0.6) is 0 Å². The molecule has 0 radical (unpaired) electrons. The van der Waals surface area contributed by atoms with Crippen LogP contribution in [-0.4, -0.2) is 4.92 Å². The molecule has 0 unspecified atom stereocenters. The predicted octanol–water partition coefficient (Wildman–Crippen LogP) is 3.94. The van der Waals surface area contributed by atoms with Crippen molar-refractivity contribution >= 4 is 22.7 Å². The first kappa shape index (κ1) is 14.6. The van der Waals surface area contributed by atoms with Crippen LogP contribution in [0.15, 0.2) is 42.5 Å². The lowest BCUT2D eigenvalue weighted by Gasteiger charge is -2.11. The quantitative estimate of drug-likeness (QED) is 0.511. The van der Waals surface area contributed by atoms with Crippen LogP contribution in [0.3, 0.4) is 0 Å². The fraction of sp³-hybridized carbons (Fsp3) is 0.0769. The van der Waals surface area contributed by atoms with E-state index in [0.717, 1.165) is 6.07 Å². The van der Waals surface area contributed by atoms with E-state index in [0.29, 0.717) is 17.4 Å². The van der Waals surface area contributed by atoms with Gasteiger partial charge in [0, 0.05) is 23.1 Å². The van der Waals surface area contributed by atoms with Gasteiger partial charge in [0.1, 0.15) is 5.56 Å². The first-order valence-corrected chi connectivity index (χ1v) is 5.75. The number of hydrogen-bond acceptors (Lipinski definition) is 4. The number of nitrogens with one attached hydrogen (secondary N) is 1. The highest BCUT2D eigenvalue weighted by molar-refractivity contribution is 5.64. The van der Waals surface area contributed by atoms with Crippen LogP contribution < -0.4 is 11.1 Å². The van der Waals surface area contributed by atoms with Crippen LogP contribution in [0.25, 0.3) is 0 Å². The lowest BCUT2D eigenvalue weighted by atomic mass is 10.1. The lowest BCUT2D eigenvalue weighted by Crippen LogP contribution is -2.09. The molecule has 0 aliphatic carbocycles. The maximum Gasteiger partial charge on any atom is 0.423 e. The second-order valence-electron chi connectivity index (χ2n) is 4.23. The molecular formula is C13H10F3N3O2. The molecule has 0 atom stereocenters. The molecule has 0 saturated carbocycles. The van der Waals surface area contributed by atoms with Gasteiger partial charge in [-0.3, -0.25) is 10.1 Å². The minimum Gasteiger partial charge on any atom is -0.399 e. The van der Waals surface area contributed by atoms with E-state index in [1.165, 1.54) is 6.07 Å². The number of nitrogens with two attached hydrogens (primary N) is 1. The molecule has 3 N–H and O–H groups in total. The normalized spacial score (nSPS) is 11.2. The summed E-state index contributed by atoms with van der Waals surface area (Å²) < 4.78 is 38.5. The largest absolute Gasteiger partial charge is 0.423 e. The predicted molar refractivity (Wildman–Crippen MR) is 72.2 cm³/mol. The number of nitro groups is 1. The Hall–Kier alpha value is -2.77. The summed E-state index contributed by atoms with van der Waals surface area (Å²) in [5, 5.41) is 13.4. The van der Waals surface area contributed by atoms with Crippen molar-refractivity contribution in [3.05, 3.63) is 58.1 Å². The molecule has 21 heavy (non-hydrogen) atoms. The maximum absolute atomic E-state index is 12.8. The van der Waals surface area contributed by atoms with E-state index in [1.807, 2.05) is 0 Å². The van der Waals surface area contributed by atoms with E-state index in [2.05, 4.69) is 5.32 Å². The Labute approximate surface area is 117 Å². The zero-order chi connectivity index (χ0) is 15.6. The summed E-state index contributed by atoms with van der Waals surface area (Å²) >= 11 is 0. The van der Waals surface area contributed by atoms with Gasteiger partial charge in [0.25, 0.3) is 5.69 Å². The Balaban J connectivity index is 2.38. The molecule has 0 heterocycles. The van der Waals surface area contributed by atoms with Crippen LogP contribution in [0.2, 0.25) is 0 Å².